The second-order valence-electron chi connectivity index (χ2n) is 8.91. The third-order valence-electron chi connectivity index (χ3n) is 7.72. The van der Waals surface area contributed by atoms with Crippen LogP contribution in [0.3, 0.4) is 0 Å². The zero-order valence-corrected chi connectivity index (χ0v) is 17.3. The van der Waals surface area contributed by atoms with Crippen molar-refractivity contribution in [3.63, 3.8) is 0 Å². The van der Waals surface area contributed by atoms with Crippen LogP contribution in [0.1, 0.15) is 34.7 Å². The van der Waals surface area contributed by atoms with Crippen LogP contribution in [0.15, 0.2) is 72.8 Å². The number of imide groups is 1. The molecule has 5 heteroatoms. The van der Waals surface area contributed by atoms with E-state index in [-0.39, 0.29) is 11.8 Å². The highest BCUT2D eigenvalue weighted by Gasteiger charge is 2.72. The molecule has 0 saturated carbocycles. The van der Waals surface area contributed by atoms with Crippen LogP contribution in [0.25, 0.3) is 0 Å². The lowest BCUT2D eigenvalue weighted by molar-refractivity contribution is -0.129. The number of nitriles is 1. The van der Waals surface area contributed by atoms with Gasteiger partial charge in [0.2, 0.25) is 11.8 Å². The number of anilines is 1. The maximum atomic E-state index is 13.9. The molecule has 3 aromatic carbocycles. The van der Waals surface area contributed by atoms with Gasteiger partial charge in [0.1, 0.15) is 6.29 Å². The molecule has 3 aliphatic carbocycles. The van der Waals surface area contributed by atoms with Gasteiger partial charge in [-0.2, -0.15) is 5.26 Å². The van der Waals surface area contributed by atoms with Crippen molar-refractivity contribution >= 4 is 23.8 Å². The zero-order chi connectivity index (χ0) is 22.3. The van der Waals surface area contributed by atoms with Gasteiger partial charge in [-0.3, -0.25) is 9.59 Å². The lowest BCUT2D eigenvalue weighted by Crippen LogP contribution is -2.61. The molecule has 154 valence electrons. The Morgan fingerprint density at radius 3 is 1.81 bits per heavy atom. The fourth-order valence-electron chi connectivity index (χ4n) is 6.40. The fourth-order valence-corrected chi connectivity index (χ4v) is 6.40. The first-order chi connectivity index (χ1) is 15.5. The first-order valence-corrected chi connectivity index (χ1v) is 10.5. The number of hydrogen-bond donors (Lipinski definition) is 0. The topological polar surface area (TPSA) is 78.2 Å². The van der Waals surface area contributed by atoms with E-state index in [4.69, 9.17) is 5.26 Å². The Morgan fingerprint density at radius 1 is 0.812 bits per heavy atom. The van der Waals surface area contributed by atoms with E-state index in [1.54, 1.807) is 24.3 Å². The molecule has 0 N–H and O–H groups in total. The Labute approximate surface area is 184 Å². The minimum absolute atomic E-state index is 0.303. The first kappa shape index (κ1) is 18.7. The molecule has 1 aliphatic heterocycles. The Morgan fingerprint density at radius 2 is 1.31 bits per heavy atom. The van der Waals surface area contributed by atoms with Crippen LogP contribution >= 0.6 is 0 Å². The van der Waals surface area contributed by atoms with Gasteiger partial charge in [0.25, 0.3) is 0 Å². The third-order valence-corrected chi connectivity index (χ3v) is 7.72. The van der Waals surface area contributed by atoms with Crippen molar-refractivity contribution in [1.29, 1.82) is 5.26 Å². The molecule has 0 aromatic heterocycles. The molecule has 0 spiro atoms. The second kappa shape index (κ2) is 6.02. The number of amides is 2. The third kappa shape index (κ3) is 1.87. The largest absolute Gasteiger partial charge is 0.302 e. The summed E-state index contributed by atoms with van der Waals surface area (Å²) >= 11 is 0. The molecule has 5 nitrogen and oxygen atoms in total. The molecule has 1 saturated heterocycles. The van der Waals surface area contributed by atoms with Gasteiger partial charge in [0.05, 0.1) is 34.6 Å². The summed E-state index contributed by atoms with van der Waals surface area (Å²) in [4.78, 5) is 42.0. The quantitative estimate of drug-likeness (QED) is 0.472. The number of carbonyl (C=O) groups is 3. The van der Waals surface area contributed by atoms with Gasteiger partial charge in [-0.25, -0.2) is 4.90 Å². The SMILES string of the molecule is CC12c3ccccc3C(C=O)(c3ccccc31)[C@@H]1C(=O)N(c3ccc(C#N)cc3)C(=O)[C@H]12. The summed E-state index contributed by atoms with van der Waals surface area (Å²) in [5.41, 5.74) is 2.37. The number of hydrogen-bond acceptors (Lipinski definition) is 4. The second-order valence-corrected chi connectivity index (χ2v) is 8.91. The molecule has 2 atom stereocenters. The minimum Gasteiger partial charge on any atom is -0.302 e. The Balaban J connectivity index is 1.66. The Hall–Kier alpha value is -4.04. The molecular formula is C27H18N2O3. The van der Waals surface area contributed by atoms with Crippen molar-refractivity contribution in [2.75, 3.05) is 4.90 Å². The highest BCUT2D eigenvalue weighted by molar-refractivity contribution is 6.25. The van der Waals surface area contributed by atoms with Crippen molar-refractivity contribution < 1.29 is 14.4 Å². The number of aldehydes is 1. The van der Waals surface area contributed by atoms with Crippen molar-refractivity contribution in [3.8, 4) is 6.07 Å². The molecule has 3 aromatic rings. The smallest absolute Gasteiger partial charge is 0.239 e. The number of carbonyl (C=O) groups excluding carboxylic acids is 3. The van der Waals surface area contributed by atoms with Gasteiger partial charge >= 0.3 is 0 Å². The molecule has 0 unspecified atom stereocenters. The zero-order valence-electron chi connectivity index (χ0n) is 17.3. The summed E-state index contributed by atoms with van der Waals surface area (Å²) in [5, 5.41) is 9.11. The van der Waals surface area contributed by atoms with Crippen LogP contribution in [0.5, 0.6) is 0 Å². The molecule has 1 fully saturated rings. The molecule has 32 heavy (non-hydrogen) atoms. The predicted octanol–water partition coefficient (Wildman–Crippen LogP) is 3.48. The maximum Gasteiger partial charge on any atom is 0.239 e. The van der Waals surface area contributed by atoms with Crippen molar-refractivity contribution in [1.82, 2.24) is 0 Å². The number of benzene rings is 3. The van der Waals surface area contributed by atoms with Crippen LogP contribution in [0.4, 0.5) is 5.69 Å². The van der Waals surface area contributed by atoms with E-state index < -0.39 is 22.7 Å². The fraction of sp³-hybridized carbons (Fsp3) is 0.185. The van der Waals surface area contributed by atoms with Crippen LogP contribution in [0.2, 0.25) is 0 Å². The van der Waals surface area contributed by atoms with Crippen LogP contribution in [-0.4, -0.2) is 18.1 Å². The van der Waals surface area contributed by atoms with E-state index in [0.717, 1.165) is 28.5 Å². The molecule has 2 amide bonds. The first-order valence-electron chi connectivity index (χ1n) is 10.5. The standard InChI is InChI=1S/C27H18N2O3/c1-26-18-6-2-4-8-20(18)27(15-30,21-9-5-3-7-19(21)26)23-22(26)24(31)29(25(23)32)17-12-10-16(14-28)11-13-17/h2-13,15,22-23H,1H3/t22-,23-,26?,27?/m0/s1. The molecule has 4 aliphatic rings. The van der Waals surface area contributed by atoms with Crippen LogP contribution in [0, 0.1) is 23.2 Å². The summed E-state index contributed by atoms with van der Waals surface area (Å²) < 4.78 is 0. The molecule has 7 rings (SSSR count). The number of nitrogens with zero attached hydrogens (tertiary/aromatic N) is 2. The van der Waals surface area contributed by atoms with E-state index in [1.807, 2.05) is 55.5 Å². The Kier molecular flexibility index (Phi) is 3.52. The van der Waals surface area contributed by atoms with Crippen LogP contribution < -0.4 is 4.90 Å². The molecule has 0 radical (unpaired) electrons. The van der Waals surface area contributed by atoms with Gasteiger partial charge < -0.3 is 4.79 Å². The normalized spacial score (nSPS) is 29.2. The highest BCUT2D eigenvalue weighted by Crippen LogP contribution is 2.66. The van der Waals surface area contributed by atoms with Gasteiger partial charge in [0, 0.05) is 5.41 Å². The maximum absolute atomic E-state index is 13.9. The summed E-state index contributed by atoms with van der Waals surface area (Å²) in [5.74, 6) is -2.19. The van der Waals surface area contributed by atoms with Gasteiger partial charge in [0.15, 0.2) is 0 Å². The summed E-state index contributed by atoms with van der Waals surface area (Å²) in [6, 6.07) is 23.8. The van der Waals surface area contributed by atoms with Gasteiger partial charge in [-0.05, 0) is 46.5 Å². The van der Waals surface area contributed by atoms with Crippen LogP contribution in [-0.2, 0) is 25.2 Å². The van der Waals surface area contributed by atoms with Crippen molar-refractivity contribution in [3.05, 3.63) is 101 Å². The lowest BCUT2D eigenvalue weighted by atomic mass is 9.42. The monoisotopic (exact) mass is 418 g/mol. The van der Waals surface area contributed by atoms with E-state index in [1.165, 1.54) is 4.90 Å². The average Bonchev–Trinajstić information content (AvgIpc) is 3.12. The lowest BCUT2D eigenvalue weighted by Gasteiger charge is -2.56. The molecule has 2 bridgehead atoms. The van der Waals surface area contributed by atoms with Crippen molar-refractivity contribution in [2.24, 2.45) is 11.8 Å². The molecular weight excluding hydrogens is 400 g/mol. The predicted molar refractivity (Wildman–Crippen MR) is 117 cm³/mol. The Bertz CT molecular complexity index is 1340. The van der Waals surface area contributed by atoms with E-state index in [0.29, 0.717) is 11.3 Å². The van der Waals surface area contributed by atoms with Crippen molar-refractivity contribution in [2.45, 2.75) is 17.8 Å². The van der Waals surface area contributed by atoms with E-state index in [9.17, 15) is 14.4 Å². The average molecular weight is 418 g/mol. The summed E-state index contributed by atoms with van der Waals surface area (Å²) in [7, 11) is 0. The summed E-state index contributed by atoms with van der Waals surface area (Å²) in [6.07, 6.45) is 0.870. The summed E-state index contributed by atoms with van der Waals surface area (Å²) in [6.45, 7) is 2.02. The van der Waals surface area contributed by atoms with Gasteiger partial charge in [-0.1, -0.05) is 55.5 Å². The van der Waals surface area contributed by atoms with E-state index in [2.05, 4.69) is 6.07 Å². The number of rotatable bonds is 2. The van der Waals surface area contributed by atoms with Gasteiger partial charge in [-0.15, -0.1) is 0 Å². The van der Waals surface area contributed by atoms with E-state index >= 15 is 0 Å². The minimum atomic E-state index is -1.22. The highest BCUT2D eigenvalue weighted by atomic mass is 16.2. The molecule has 1 heterocycles.